The molecule has 1 aliphatic rings. The second kappa shape index (κ2) is 7.24. The summed E-state index contributed by atoms with van der Waals surface area (Å²) < 4.78 is 23.2. The van der Waals surface area contributed by atoms with Crippen LogP contribution >= 0.6 is 0 Å². The molecule has 1 heterocycles. The summed E-state index contributed by atoms with van der Waals surface area (Å²) in [7, 11) is -1.06. The van der Waals surface area contributed by atoms with Crippen LogP contribution in [0.2, 0.25) is 0 Å². The molecule has 0 radical (unpaired) electrons. The van der Waals surface area contributed by atoms with Gasteiger partial charge >= 0.3 is 0 Å². The van der Waals surface area contributed by atoms with E-state index in [1.54, 1.807) is 4.90 Å². The van der Waals surface area contributed by atoms with Crippen molar-refractivity contribution in [2.45, 2.75) is 25.9 Å². The standard InChI is InChI=1S/C16H24N2O3S/c1-3-18(15-9-10-22(20,21)13-15)16(19)12-17(2)11-14-7-5-4-6-8-14/h4-8,15H,3,9-13H2,1-2H3. The Bertz CT molecular complexity index is 601. The molecule has 122 valence electrons. The molecule has 1 aromatic rings. The molecule has 1 saturated heterocycles. The van der Waals surface area contributed by atoms with Crippen molar-refractivity contribution in [1.29, 1.82) is 0 Å². The molecule has 0 bridgehead atoms. The molecule has 0 spiro atoms. The average molecular weight is 324 g/mol. The Morgan fingerprint density at radius 3 is 2.50 bits per heavy atom. The van der Waals surface area contributed by atoms with Crippen molar-refractivity contribution in [2.24, 2.45) is 0 Å². The predicted octanol–water partition coefficient (Wildman–Crippen LogP) is 1.15. The van der Waals surface area contributed by atoms with E-state index < -0.39 is 9.84 Å². The summed E-state index contributed by atoms with van der Waals surface area (Å²) in [4.78, 5) is 16.1. The number of carbonyl (C=O) groups excluding carboxylic acids is 1. The summed E-state index contributed by atoms with van der Waals surface area (Å²) in [6, 6.07) is 9.82. The Balaban J connectivity index is 1.92. The van der Waals surface area contributed by atoms with Crippen LogP contribution in [0.3, 0.4) is 0 Å². The average Bonchev–Trinajstić information content (AvgIpc) is 2.80. The van der Waals surface area contributed by atoms with E-state index in [1.807, 2.05) is 49.2 Å². The highest BCUT2D eigenvalue weighted by Crippen LogP contribution is 2.18. The highest BCUT2D eigenvalue weighted by Gasteiger charge is 2.33. The molecule has 1 fully saturated rings. The highest BCUT2D eigenvalue weighted by atomic mass is 32.2. The van der Waals surface area contributed by atoms with Crippen molar-refractivity contribution in [3.8, 4) is 0 Å². The lowest BCUT2D eigenvalue weighted by Crippen LogP contribution is -2.45. The number of nitrogens with zero attached hydrogens (tertiary/aromatic N) is 2. The van der Waals surface area contributed by atoms with E-state index in [0.29, 0.717) is 26.1 Å². The summed E-state index contributed by atoms with van der Waals surface area (Å²) >= 11 is 0. The van der Waals surface area contributed by atoms with Gasteiger partial charge < -0.3 is 4.90 Å². The molecule has 1 unspecified atom stereocenters. The van der Waals surface area contributed by atoms with Crippen LogP contribution in [0.25, 0.3) is 0 Å². The Kier molecular flexibility index (Phi) is 5.58. The van der Waals surface area contributed by atoms with E-state index in [4.69, 9.17) is 0 Å². The van der Waals surface area contributed by atoms with Gasteiger partial charge in [0.15, 0.2) is 9.84 Å². The maximum atomic E-state index is 12.5. The van der Waals surface area contributed by atoms with Gasteiger partial charge in [0.2, 0.25) is 5.91 Å². The zero-order valence-electron chi connectivity index (χ0n) is 13.2. The van der Waals surface area contributed by atoms with Gasteiger partial charge in [-0.25, -0.2) is 8.42 Å². The van der Waals surface area contributed by atoms with Gasteiger partial charge in [0.1, 0.15) is 0 Å². The summed E-state index contributed by atoms with van der Waals surface area (Å²) in [5.41, 5.74) is 1.16. The monoisotopic (exact) mass is 324 g/mol. The molecule has 1 aromatic carbocycles. The number of likely N-dealkylation sites (N-methyl/N-ethyl adjacent to an activating group) is 2. The van der Waals surface area contributed by atoms with Crippen LogP contribution < -0.4 is 0 Å². The van der Waals surface area contributed by atoms with E-state index >= 15 is 0 Å². The quantitative estimate of drug-likeness (QED) is 0.788. The second-order valence-corrected chi connectivity index (χ2v) is 8.12. The molecule has 6 heteroatoms. The van der Waals surface area contributed by atoms with Crippen molar-refractivity contribution in [3.05, 3.63) is 35.9 Å². The number of hydrogen-bond acceptors (Lipinski definition) is 4. The molecule has 5 nitrogen and oxygen atoms in total. The number of amides is 1. The van der Waals surface area contributed by atoms with Crippen molar-refractivity contribution in [3.63, 3.8) is 0 Å². The lowest BCUT2D eigenvalue weighted by atomic mass is 10.2. The van der Waals surface area contributed by atoms with E-state index in [1.165, 1.54) is 0 Å². The van der Waals surface area contributed by atoms with Crippen molar-refractivity contribution < 1.29 is 13.2 Å². The molecular formula is C16H24N2O3S. The van der Waals surface area contributed by atoms with Crippen LogP contribution in [0.15, 0.2) is 30.3 Å². The maximum Gasteiger partial charge on any atom is 0.237 e. The van der Waals surface area contributed by atoms with Gasteiger partial charge in [-0.2, -0.15) is 0 Å². The smallest absolute Gasteiger partial charge is 0.237 e. The van der Waals surface area contributed by atoms with Gasteiger partial charge in [-0.3, -0.25) is 9.69 Å². The topological polar surface area (TPSA) is 57.7 Å². The van der Waals surface area contributed by atoms with Gasteiger partial charge in [-0.1, -0.05) is 30.3 Å². The first kappa shape index (κ1) is 17.0. The van der Waals surface area contributed by atoms with Gasteiger partial charge in [-0.05, 0) is 26.0 Å². The van der Waals surface area contributed by atoms with E-state index in [0.717, 1.165) is 5.56 Å². The van der Waals surface area contributed by atoms with Crippen molar-refractivity contribution in [2.75, 3.05) is 31.6 Å². The Morgan fingerprint density at radius 2 is 1.95 bits per heavy atom. The first-order chi connectivity index (χ1) is 10.4. The lowest BCUT2D eigenvalue weighted by Gasteiger charge is -2.29. The second-order valence-electron chi connectivity index (χ2n) is 5.89. The highest BCUT2D eigenvalue weighted by molar-refractivity contribution is 7.91. The van der Waals surface area contributed by atoms with Gasteiger partial charge in [0, 0.05) is 19.1 Å². The number of benzene rings is 1. The Morgan fingerprint density at radius 1 is 1.27 bits per heavy atom. The summed E-state index contributed by atoms with van der Waals surface area (Å²) in [6.07, 6.45) is 0.560. The fraction of sp³-hybridized carbons (Fsp3) is 0.562. The third-order valence-corrected chi connectivity index (χ3v) is 5.76. The third-order valence-electron chi connectivity index (χ3n) is 4.01. The van der Waals surface area contributed by atoms with Gasteiger partial charge in [0.05, 0.1) is 18.1 Å². The third kappa shape index (κ3) is 4.55. The maximum absolute atomic E-state index is 12.5. The molecule has 0 aromatic heterocycles. The lowest BCUT2D eigenvalue weighted by molar-refractivity contribution is -0.133. The van der Waals surface area contributed by atoms with Gasteiger partial charge in [0.25, 0.3) is 0 Å². The van der Waals surface area contributed by atoms with Gasteiger partial charge in [-0.15, -0.1) is 0 Å². The van der Waals surface area contributed by atoms with Crippen LogP contribution in [-0.4, -0.2) is 61.8 Å². The predicted molar refractivity (Wildman–Crippen MR) is 87.2 cm³/mol. The molecule has 2 rings (SSSR count). The Hall–Kier alpha value is -1.40. The molecule has 1 aliphatic heterocycles. The minimum atomic E-state index is -2.97. The summed E-state index contributed by atoms with van der Waals surface area (Å²) in [5, 5.41) is 0. The number of sulfone groups is 1. The van der Waals surface area contributed by atoms with Crippen LogP contribution in [0.1, 0.15) is 18.9 Å². The number of hydrogen-bond donors (Lipinski definition) is 0. The molecule has 0 saturated carbocycles. The van der Waals surface area contributed by atoms with Crippen LogP contribution in [0, 0.1) is 0 Å². The van der Waals surface area contributed by atoms with Crippen LogP contribution in [0.5, 0.6) is 0 Å². The normalized spacial score (nSPS) is 20.2. The minimum Gasteiger partial charge on any atom is -0.338 e. The molecule has 1 amide bonds. The Labute approximate surface area is 132 Å². The molecule has 22 heavy (non-hydrogen) atoms. The van der Waals surface area contributed by atoms with Crippen LogP contribution in [0.4, 0.5) is 0 Å². The van der Waals surface area contributed by atoms with E-state index in [9.17, 15) is 13.2 Å². The molecule has 1 atom stereocenters. The fourth-order valence-corrected chi connectivity index (χ4v) is 4.66. The first-order valence-corrected chi connectivity index (χ1v) is 9.46. The fourth-order valence-electron chi connectivity index (χ4n) is 2.93. The van der Waals surface area contributed by atoms with Crippen molar-refractivity contribution >= 4 is 15.7 Å². The first-order valence-electron chi connectivity index (χ1n) is 7.63. The molecule has 0 aliphatic carbocycles. The largest absolute Gasteiger partial charge is 0.338 e. The summed E-state index contributed by atoms with van der Waals surface area (Å²) in [6.45, 7) is 3.46. The van der Waals surface area contributed by atoms with Crippen molar-refractivity contribution in [1.82, 2.24) is 9.80 Å². The summed E-state index contributed by atoms with van der Waals surface area (Å²) in [5.74, 6) is 0.305. The zero-order valence-corrected chi connectivity index (χ0v) is 14.1. The minimum absolute atomic E-state index is 0.00281. The SMILES string of the molecule is CCN(C(=O)CN(C)Cc1ccccc1)C1CCS(=O)(=O)C1. The van der Waals surface area contributed by atoms with Crippen LogP contribution in [-0.2, 0) is 21.2 Å². The zero-order chi connectivity index (χ0) is 16.2. The van der Waals surface area contributed by atoms with E-state index in [2.05, 4.69) is 0 Å². The number of rotatable bonds is 6. The number of carbonyl (C=O) groups is 1. The van der Waals surface area contributed by atoms with E-state index in [-0.39, 0.29) is 23.5 Å². The molecular weight excluding hydrogens is 300 g/mol. The molecule has 0 N–H and O–H groups in total.